The lowest BCUT2D eigenvalue weighted by Gasteiger charge is -2.35. The molecule has 1 saturated heterocycles. The number of hydrogen-bond donors (Lipinski definition) is 0. The van der Waals surface area contributed by atoms with E-state index in [1.54, 1.807) is 10.8 Å². The second-order valence-corrected chi connectivity index (χ2v) is 6.17. The van der Waals surface area contributed by atoms with E-state index >= 15 is 0 Å². The van der Waals surface area contributed by atoms with Gasteiger partial charge in [-0.2, -0.15) is 9.61 Å². The predicted octanol–water partition coefficient (Wildman–Crippen LogP) is 0.297. The number of nitrogens with zero attached hydrogens (tertiary/aromatic N) is 6. The van der Waals surface area contributed by atoms with E-state index in [1.165, 1.54) is 20.0 Å². The van der Waals surface area contributed by atoms with Gasteiger partial charge in [-0.05, 0) is 18.9 Å². The molecule has 0 unspecified atom stereocenters. The van der Waals surface area contributed by atoms with Crippen molar-refractivity contribution in [1.82, 2.24) is 24.7 Å². The summed E-state index contributed by atoms with van der Waals surface area (Å²) in [5.41, 5.74) is 3.03. The maximum Gasteiger partial charge on any atom is 0.319 e. The molecular weight excluding hydrogens is 296 g/mol. The molecule has 4 rings (SSSR count). The van der Waals surface area contributed by atoms with Crippen molar-refractivity contribution >= 4 is 17.3 Å². The third-order valence-electron chi connectivity index (χ3n) is 4.56. The van der Waals surface area contributed by atoms with Crippen molar-refractivity contribution < 1.29 is 9.53 Å². The number of anilines is 1. The number of hydrogen-bond acceptors (Lipinski definition) is 7. The van der Waals surface area contributed by atoms with Gasteiger partial charge in [0.1, 0.15) is 6.33 Å². The number of methoxy groups -OCH3 is 1. The first-order valence-electron chi connectivity index (χ1n) is 7.99. The molecule has 23 heavy (non-hydrogen) atoms. The monoisotopic (exact) mass is 316 g/mol. The number of fused-ring (bicyclic) bond motifs is 1. The number of rotatable bonds is 4. The van der Waals surface area contributed by atoms with E-state index in [9.17, 15) is 4.79 Å². The number of carbonyl (C=O) groups is 1. The molecular formula is C15H20N6O2. The fourth-order valence-corrected chi connectivity index (χ4v) is 3.03. The van der Waals surface area contributed by atoms with Gasteiger partial charge in [-0.25, -0.2) is 0 Å². The molecule has 2 aromatic rings. The summed E-state index contributed by atoms with van der Waals surface area (Å²) < 4.78 is 6.52. The molecule has 0 spiro atoms. The fraction of sp³-hybridized carbons (Fsp3) is 0.600. The van der Waals surface area contributed by atoms with Crippen molar-refractivity contribution in [3.8, 4) is 0 Å². The topological polar surface area (TPSA) is 75.9 Å². The molecule has 0 amide bonds. The molecule has 0 radical (unpaired) electrons. The van der Waals surface area contributed by atoms with Gasteiger partial charge in [-0.1, -0.05) is 0 Å². The minimum Gasteiger partial charge on any atom is -0.468 e. The molecule has 1 aliphatic carbocycles. The van der Waals surface area contributed by atoms with Crippen LogP contribution in [0.25, 0.3) is 5.65 Å². The molecule has 0 atom stereocenters. The molecule has 1 saturated carbocycles. The van der Waals surface area contributed by atoms with Crippen molar-refractivity contribution in [3.05, 3.63) is 18.1 Å². The smallest absolute Gasteiger partial charge is 0.319 e. The Kier molecular flexibility index (Phi) is 3.60. The Bertz CT molecular complexity index is 718. The Hall–Kier alpha value is -2.22. The quantitative estimate of drug-likeness (QED) is 0.751. The van der Waals surface area contributed by atoms with Crippen LogP contribution in [0, 0.1) is 0 Å². The zero-order valence-corrected chi connectivity index (χ0v) is 13.2. The summed E-state index contributed by atoms with van der Waals surface area (Å²) in [6.45, 7) is 3.72. The molecule has 3 heterocycles. The highest BCUT2D eigenvalue weighted by atomic mass is 16.5. The van der Waals surface area contributed by atoms with Gasteiger partial charge < -0.3 is 9.64 Å². The number of ether oxygens (including phenoxy) is 1. The Morgan fingerprint density at radius 1 is 1.30 bits per heavy atom. The van der Waals surface area contributed by atoms with Crippen LogP contribution in [0.4, 0.5) is 5.69 Å². The summed E-state index contributed by atoms with van der Waals surface area (Å²) in [5, 5.41) is 12.8. The van der Waals surface area contributed by atoms with Gasteiger partial charge in [0.25, 0.3) is 0 Å². The Balaban J connectivity index is 1.53. The van der Waals surface area contributed by atoms with Gasteiger partial charge >= 0.3 is 5.97 Å². The Morgan fingerprint density at radius 3 is 2.78 bits per heavy atom. The first-order chi connectivity index (χ1) is 11.2. The summed E-state index contributed by atoms with van der Waals surface area (Å²) >= 11 is 0. The predicted molar refractivity (Wildman–Crippen MR) is 83.4 cm³/mol. The number of aromatic nitrogens is 4. The zero-order chi connectivity index (χ0) is 15.8. The van der Waals surface area contributed by atoms with E-state index in [0.29, 0.717) is 12.5 Å². The van der Waals surface area contributed by atoms with E-state index in [0.717, 1.165) is 43.2 Å². The SMILES string of the molecule is COC(=O)CN1CCN(c2cc(C3CC3)nn3cnnc23)CC1. The van der Waals surface area contributed by atoms with Crippen LogP contribution in [-0.4, -0.2) is 70.5 Å². The highest BCUT2D eigenvalue weighted by Gasteiger charge is 2.28. The van der Waals surface area contributed by atoms with Crippen LogP contribution in [0.1, 0.15) is 24.5 Å². The molecule has 2 aliphatic rings. The average molecular weight is 316 g/mol. The largest absolute Gasteiger partial charge is 0.468 e. The molecule has 0 bridgehead atoms. The maximum atomic E-state index is 11.4. The Labute approximate surface area is 134 Å². The molecule has 0 N–H and O–H groups in total. The second kappa shape index (κ2) is 5.77. The van der Waals surface area contributed by atoms with Gasteiger partial charge in [-0.15, -0.1) is 10.2 Å². The van der Waals surface area contributed by atoms with Crippen LogP contribution >= 0.6 is 0 Å². The lowest BCUT2D eigenvalue weighted by molar-refractivity contribution is -0.142. The lowest BCUT2D eigenvalue weighted by atomic mass is 10.2. The molecule has 2 fully saturated rings. The third kappa shape index (κ3) is 2.86. The minimum absolute atomic E-state index is 0.182. The summed E-state index contributed by atoms with van der Waals surface area (Å²) in [5.74, 6) is 0.402. The van der Waals surface area contributed by atoms with Gasteiger partial charge in [0.15, 0.2) is 0 Å². The second-order valence-electron chi connectivity index (χ2n) is 6.17. The molecule has 2 aromatic heterocycles. The summed E-state index contributed by atoms with van der Waals surface area (Å²) in [6, 6.07) is 2.16. The van der Waals surface area contributed by atoms with E-state index < -0.39 is 0 Å². The van der Waals surface area contributed by atoms with E-state index in [-0.39, 0.29) is 5.97 Å². The normalized spacial score (nSPS) is 19.3. The van der Waals surface area contributed by atoms with E-state index in [2.05, 4.69) is 31.2 Å². The molecule has 1 aliphatic heterocycles. The van der Waals surface area contributed by atoms with Crippen LogP contribution in [-0.2, 0) is 9.53 Å². The highest BCUT2D eigenvalue weighted by molar-refractivity contribution is 5.72. The first kappa shape index (κ1) is 14.4. The van der Waals surface area contributed by atoms with Crippen LogP contribution in [0.15, 0.2) is 12.4 Å². The van der Waals surface area contributed by atoms with Crippen LogP contribution in [0.2, 0.25) is 0 Å². The van der Waals surface area contributed by atoms with Crippen molar-refractivity contribution in [2.75, 3.05) is 44.7 Å². The molecule has 0 aromatic carbocycles. The summed E-state index contributed by atoms with van der Waals surface area (Å²) in [6.07, 6.45) is 4.10. The lowest BCUT2D eigenvalue weighted by Crippen LogP contribution is -2.48. The standard InChI is InChI=1S/C15H20N6O2/c1-23-14(22)9-19-4-6-20(7-5-19)13-8-12(11-2-3-11)18-21-10-16-17-15(13)21/h8,10-11H,2-7,9H2,1H3. The summed E-state index contributed by atoms with van der Waals surface area (Å²) in [7, 11) is 1.43. The molecule has 8 nitrogen and oxygen atoms in total. The molecule has 8 heteroatoms. The minimum atomic E-state index is -0.182. The molecule has 122 valence electrons. The van der Waals surface area contributed by atoms with Crippen LogP contribution in [0.5, 0.6) is 0 Å². The Morgan fingerprint density at radius 2 is 2.09 bits per heavy atom. The zero-order valence-electron chi connectivity index (χ0n) is 13.2. The highest BCUT2D eigenvalue weighted by Crippen LogP contribution is 2.40. The van der Waals surface area contributed by atoms with Crippen molar-refractivity contribution in [1.29, 1.82) is 0 Å². The maximum absolute atomic E-state index is 11.4. The van der Waals surface area contributed by atoms with Crippen molar-refractivity contribution in [3.63, 3.8) is 0 Å². The van der Waals surface area contributed by atoms with Crippen molar-refractivity contribution in [2.45, 2.75) is 18.8 Å². The average Bonchev–Trinajstić information content (AvgIpc) is 3.32. The van der Waals surface area contributed by atoms with Gasteiger partial charge in [0, 0.05) is 32.1 Å². The number of carbonyl (C=O) groups excluding carboxylic acids is 1. The van der Waals surface area contributed by atoms with Gasteiger partial charge in [-0.3, -0.25) is 9.69 Å². The van der Waals surface area contributed by atoms with Crippen LogP contribution in [0.3, 0.4) is 0 Å². The van der Waals surface area contributed by atoms with Gasteiger partial charge in [0.2, 0.25) is 5.65 Å². The number of esters is 1. The first-order valence-corrected chi connectivity index (χ1v) is 7.99. The van der Waals surface area contributed by atoms with Crippen LogP contribution < -0.4 is 4.90 Å². The summed E-state index contributed by atoms with van der Waals surface area (Å²) in [4.78, 5) is 15.8. The van der Waals surface area contributed by atoms with E-state index in [1.807, 2.05) is 0 Å². The number of piperazine rings is 1. The fourth-order valence-electron chi connectivity index (χ4n) is 3.03. The van der Waals surface area contributed by atoms with E-state index in [4.69, 9.17) is 4.74 Å². The van der Waals surface area contributed by atoms with Gasteiger partial charge in [0.05, 0.1) is 25.0 Å². The van der Waals surface area contributed by atoms with Crippen molar-refractivity contribution in [2.24, 2.45) is 0 Å². The third-order valence-corrected chi connectivity index (χ3v) is 4.56.